The molecule has 164 valence electrons. The number of carbonyl (C=O) groups excluding carboxylic acids is 2. The largest absolute Gasteiger partial charge is 0.464 e. The summed E-state index contributed by atoms with van der Waals surface area (Å²) in [5.41, 5.74) is -0.107. The Kier molecular flexibility index (Phi) is 7.24. The molecular formula is C21H17N3O7S. The Balaban J connectivity index is 1.81. The number of hydrogen-bond acceptors (Lipinski definition) is 8. The summed E-state index contributed by atoms with van der Waals surface area (Å²) >= 11 is 1.52. The Morgan fingerprint density at radius 1 is 1.00 bits per heavy atom. The van der Waals surface area contributed by atoms with E-state index in [1.807, 2.05) is 16.8 Å². The van der Waals surface area contributed by atoms with Crippen LogP contribution in [0, 0.1) is 20.2 Å². The first-order valence-electron chi connectivity index (χ1n) is 9.32. The van der Waals surface area contributed by atoms with Gasteiger partial charge in [-0.3, -0.25) is 25.0 Å². The van der Waals surface area contributed by atoms with Gasteiger partial charge in [0.15, 0.2) is 6.04 Å². The average Bonchev–Trinajstić information content (AvgIpc) is 3.31. The SMILES string of the molecule is O=C(N[C@H](C(=O)OCCc1ccsc1)c1ccccc1)c1cc([N+](=O)[O-])cc([N+](=O)[O-])c1. The second-order valence-electron chi connectivity index (χ2n) is 6.62. The lowest BCUT2D eigenvalue weighted by Gasteiger charge is -2.18. The van der Waals surface area contributed by atoms with Gasteiger partial charge < -0.3 is 10.1 Å². The van der Waals surface area contributed by atoms with Crippen LogP contribution in [0.4, 0.5) is 11.4 Å². The molecule has 2 aromatic carbocycles. The van der Waals surface area contributed by atoms with E-state index >= 15 is 0 Å². The summed E-state index contributed by atoms with van der Waals surface area (Å²) in [6, 6.07) is 11.6. The molecule has 11 heteroatoms. The van der Waals surface area contributed by atoms with Gasteiger partial charge in [-0.1, -0.05) is 30.3 Å². The summed E-state index contributed by atoms with van der Waals surface area (Å²) in [4.78, 5) is 46.0. The molecule has 1 heterocycles. The summed E-state index contributed by atoms with van der Waals surface area (Å²) < 4.78 is 5.33. The number of hydrogen-bond donors (Lipinski definition) is 1. The van der Waals surface area contributed by atoms with Gasteiger partial charge in [0.2, 0.25) is 0 Å². The minimum absolute atomic E-state index is 0.0943. The molecule has 10 nitrogen and oxygen atoms in total. The molecule has 0 unspecified atom stereocenters. The molecule has 0 saturated carbocycles. The van der Waals surface area contributed by atoms with Gasteiger partial charge in [-0.2, -0.15) is 11.3 Å². The van der Waals surface area contributed by atoms with E-state index < -0.39 is 39.1 Å². The van der Waals surface area contributed by atoms with Crippen molar-refractivity contribution in [2.24, 2.45) is 0 Å². The lowest BCUT2D eigenvalue weighted by molar-refractivity contribution is -0.394. The van der Waals surface area contributed by atoms with Gasteiger partial charge in [0.05, 0.1) is 28.1 Å². The molecule has 0 aliphatic heterocycles. The topological polar surface area (TPSA) is 142 Å². The summed E-state index contributed by atoms with van der Waals surface area (Å²) in [5, 5.41) is 28.5. The van der Waals surface area contributed by atoms with Crippen molar-refractivity contribution in [3.63, 3.8) is 0 Å². The van der Waals surface area contributed by atoms with Crippen LogP contribution in [0.1, 0.15) is 27.5 Å². The molecule has 1 aromatic heterocycles. The molecule has 3 aromatic rings. The van der Waals surface area contributed by atoms with Crippen molar-refractivity contribution in [1.29, 1.82) is 0 Å². The van der Waals surface area contributed by atoms with E-state index in [0.29, 0.717) is 12.0 Å². The number of amides is 1. The van der Waals surface area contributed by atoms with Crippen LogP contribution < -0.4 is 5.32 Å². The summed E-state index contributed by atoms with van der Waals surface area (Å²) in [7, 11) is 0. The monoisotopic (exact) mass is 455 g/mol. The third kappa shape index (κ3) is 5.73. The number of carbonyl (C=O) groups is 2. The first-order valence-corrected chi connectivity index (χ1v) is 10.3. The fraction of sp³-hybridized carbons (Fsp3) is 0.143. The van der Waals surface area contributed by atoms with Crippen molar-refractivity contribution in [2.75, 3.05) is 6.61 Å². The smallest absolute Gasteiger partial charge is 0.333 e. The predicted molar refractivity (Wildman–Crippen MR) is 115 cm³/mol. The molecule has 1 atom stereocenters. The number of nitrogens with zero attached hydrogens (tertiary/aromatic N) is 2. The third-order valence-corrected chi connectivity index (χ3v) is 5.18. The van der Waals surface area contributed by atoms with E-state index in [-0.39, 0.29) is 12.2 Å². The molecule has 0 radical (unpaired) electrons. The highest BCUT2D eigenvalue weighted by atomic mass is 32.1. The second-order valence-corrected chi connectivity index (χ2v) is 7.40. The number of ether oxygens (including phenoxy) is 1. The number of non-ortho nitro benzene ring substituents is 2. The van der Waals surface area contributed by atoms with Crippen molar-refractivity contribution in [3.05, 3.63) is 102 Å². The van der Waals surface area contributed by atoms with E-state index in [2.05, 4.69) is 5.32 Å². The molecule has 0 fully saturated rings. The van der Waals surface area contributed by atoms with Crippen molar-refractivity contribution in [3.8, 4) is 0 Å². The fourth-order valence-electron chi connectivity index (χ4n) is 2.86. The Labute approximate surface area is 185 Å². The maximum Gasteiger partial charge on any atom is 0.333 e. The minimum atomic E-state index is -1.20. The molecule has 0 spiro atoms. The molecular weight excluding hydrogens is 438 g/mol. The maximum atomic E-state index is 12.8. The third-order valence-electron chi connectivity index (χ3n) is 4.45. The minimum Gasteiger partial charge on any atom is -0.464 e. The van der Waals surface area contributed by atoms with Crippen LogP contribution >= 0.6 is 11.3 Å². The van der Waals surface area contributed by atoms with Crippen molar-refractivity contribution >= 4 is 34.6 Å². The summed E-state index contributed by atoms with van der Waals surface area (Å²) in [5.74, 6) is -1.61. The van der Waals surface area contributed by atoms with E-state index in [9.17, 15) is 29.8 Å². The van der Waals surface area contributed by atoms with Gasteiger partial charge in [0.25, 0.3) is 17.3 Å². The number of thiophene rings is 1. The van der Waals surface area contributed by atoms with Gasteiger partial charge in [0, 0.05) is 18.6 Å². The molecule has 0 saturated heterocycles. The lowest BCUT2D eigenvalue weighted by Crippen LogP contribution is -2.35. The van der Waals surface area contributed by atoms with Crippen molar-refractivity contribution in [1.82, 2.24) is 5.32 Å². The van der Waals surface area contributed by atoms with Gasteiger partial charge in [-0.25, -0.2) is 4.79 Å². The first-order chi connectivity index (χ1) is 15.3. The quantitative estimate of drug-likeness (QED) is 0.294. The summed E-state index contributed by atoms with van der Waals surface area (Å²) in [6.07, 6.45) is 0.502. The van der Waals surface area contributed by atoms with Gasteiger partial charge in [-0.05, 0) is 28.0 Å². The summed E-state index contributed by atoms with van der Waals surface area (Å²) in [6.45, 7) is 0.0943. The Morgan fingerprint density at radius 2 is 1.66 bits per heavy atom. The zero-order valence-corrected chi connectivity index (χ0v) is 17.3. The fourth-order valence-corrected chi connectivity index (χ4v) is 3.57. The molecule has 0 aliphatic rings. The number of nitro benzene ring substituents is 2. The molecule has 0 aliphatic carbocycles. The zero-order valence-electron chi connectivity index (χ0n) is 16.5. The van der Waals surface area contributed by atoms with Crippen LogP contribution in [-0.4, -0.2) is 28.3 Å². The predicted octanol–water partition coefficient (Wildman–Crippen LogP) is 3.82. The molecule has 1 amide bonds. The molecule has 1 N–H and O–H groups in total. The molecule has 3 rings (SSSR count). The van der Waals surface area contributed by atoms with Gasteiger partial charge in [-0.15, -0.1) is 0 Å². The Bertz CT molecular complexity index is 1100. The van der Waals surface area contributed by atoms with E-state index in [4.69, 9.17) is 4.74 Å². The van der Waals surface area contributed by atoms with Crippen molar-refractivity contribution < 1.29 is 24.2 Å². The van der Waals surface area contributed by atoms with Crippen LogP contribution in [-0.2, 0) is 16.0 Å². The maximum absolute atomic E-state index is 12.8. The number of benzene rings is 2. The Morgan fingerprint density at radius 3 is 2.22 bits per heavy atom. The standard InChI is InChI=1S/C21H17N3O7S/c25-20(16-10-17(23(27)28)12-18(11-16)24(29)30)22-19(15-4-2-1-3-5-15)21(26)31-8-6-14-7-9-32-13-14/h1-5,7,9-13,19H,6,8H2,(H,22,25)/t19-/m0/s1. The lowest BCUT2D eigenvalue weighted by atomic mass is 10.1. The van der Waals surface area contributed by atoms with Crippen LogP contribution in [0.3, 0.4) is 0 Å². The Hall–Kier alpha value is -4.12. The zero-order chi connectivity index (χ0) is 23.1. The second kappa shape index (κ2) is 10.3. The van der Waals surface area contributed by atoms with Crippen LogP contribution in [0.15, 0.2) is 65.4 Å². The van der Waals surface area contributed by atoms with Crippen LogP contribution in [0.25, 0.3) is 0 Å². The molecule has 32 heavy (non-hydrogen) atoms. The highest BCUT2D eigenvalue weighted by Gasteiger charge is 2.27. The van der Waals surface area contributed by atoms with Crippen LogP contribution in [0.2, 0.25) is 0 Å². The highest BCUT2D eigenvalue weighted by Crippen LogP contribution is 2.24. The number of esters is 1. The highest BCUT2D eigenvalue weighted by molar-refractivity contribution is 7.07. The van der Waals surface area contributed by atoms with Gasteiger partial charge >= 0.3 is 5.97 Å². The average molecular weight is 455 g/mol. The van der Waals surface area contributed by atoms with Gasteiger partial charge in [0.1, 0.15) is 0 Å². The van der Waals surface area contributed by atoms with E-state index in [0.717, 1.165) is 23.8 Å². The van der Waals surface area contributed by atoms with E-state index in [1.165, 1.54) is 11.3 Å². The van der Waals surface area contributed by atoms with Crippen LogP contribution in [0.5, 0.6) is 0 Å². The van der Waals surface area contributed by atoms with Crippen molar-refractivity contribution in [2.45, 2.75) is 12.5 Å². The normalized spacial score (nSPS) is 11.4. The first kappa shape index (κ1) is 22.6. The number of nitro groups is 2. The van der Waals surface area contributed by atoms with E-state index in [1.54, 1.807) is 30.3 Å². The number of nitrogens with one attached hydrogen (secondary N) is 1. The molecule has 0 bridgehead atoms. The number of rotatable bonds is 9.